The van der Waals surface area contributed by atoms with Crippen molar-refractivity contribution in [2.45, 2.75) is 57.6 Å². The van der Waals surface area contributed by atoms with Gasteiger partial charge >= 0.3 is 6.09 Å². The quantitative estimate of drug-likeness (QED) is 0.749. The lowest BCUT2D eigenvalue weighted by atomic mass is 9.90. The van der Waals surface area contributed by atoms with E-state index in [0.29, 0.717) is 0 Å². The number of hydrogen-bond donors (Lipinski definition) is 2. The van der Waals surface area contributed by atoms with Gasteiger partial charge in [0.15, 0.2) is 0 Å². The number of ether oxygens (including phenoxy) is 1. The molecule has 0 saturated heterocycles. The molecule has 0 aromatic heterocycles. The van der Waals surface area contributed by atoms with E-state index < -0.39 is 23.7 Å². The Bertz CT molecular complexity index is 324. The number of amides is 1. The number of halogens is 2. The van der Waals surface area contributed by atoms with Crippen LogP contribution in [-0.2, 0) is 4.74 Å². The van der Waals surface area contributed by atoms with Gasteiger partial charge in [0.05, 0.1) is 0 Å². The van der Waals surface area contributed by atoms with E-state index in [4.69, 9.17) is 10.1 Å². The molecule has 0 bridgehead atoms. The van der Waals surface area contributed by atoms with E-state index in [1.165, 1.54) is 0 Å². The number of alkyl halides is 2. The van der Waals surface area contributed by atoms with Crippen molar-refractivity contribution < 1.29 is 18.3 Å². The van der Waals surface area contributed by atoms with Crippen LogP contribution in [0.15, 0.2) is 0 Å². The fourth-order valence-corrected chi connectivity index (χ4v) is 1.68. The Morgan fingerprint density at radius 1 is 1.53 bits per heavy atom. The summed E-state index contributed by atoms with van der Waals surface area (Å²) in [6, 6.07) is -1.54. The zero-order valence-corrected chi connectivity index (χ0v) is 10.3. The van der Waals surface area contributed by atoms with Crippen molar-refractivity contribution in [2.24, 2.45) is 0 Å². The highest BCUT2D eigenvalue weighted by atomic mass is 19.3. The van der Waals surface area contributed by atoms with Crippen LogP contribution in [0.5, 0.6) is 0 Å². The second kappa shape index (κ2) is 4.58. The van der Waals surface area contributed by atoms with Crippen LogP contribution in [0.1, 0.15) is 40.0 Å². The molecule has 1 saturated carbocycles. The van der Waals surface area contributed by atoms with E-state index >= 15 is 0 Å². The van der Waals surface area contributed by atoms with Crippen LogP contribution < -0.4 is 5.32 Å². The van der Waals surface area contributed by atoms with Crippen LogP contribution in [0.2, 0.25) is 0 Å². The minimum Gasteiger partial charge on any atom is -0.444 e. The lowest BCUT2D eigenvalue weighted by molar-refractivity contribution is -0.0362. The van der Waals surface area contributed by atoms with Gasteiger partial charge in [0.2, 0.25) is 0 Å². The molecule has 1 aliphatic carbocycles. The Kier molecular flexibility index (Phi) is 3.74. The van der Waals surface area contributed by atoms with Gasteiger partial charge in [-0.1, -0.05) is 0 Å². The molecule has 98 valence electrons. The van der Waals surface area contributed by atoms with Crippen LogP contribution in [0.4, 0.5) is 13.6 Å². The smallest absolute Gasteiger partial charge is 0.408 e. The summed E-state index contributed by atoms with van der Waals surface area (Å²) in [5.74, 6) is -3.06. The van der Waals surface area contributed by atoms with E-state index in [1.807, 2.05) is 0 Å². The first kappa shape index (κ1) is 13.9. The van der Waals surface area contributed by atoms with Gasteiger partial charge in [0, 0.05) is 12.1 Å². The molecule has 1 aliphatic rings. The Balaban J connectivity index is 2.65. The maximum Gasteiger partial charge on any atom is 0.408 e. The zero-order chi connectivity index (χ0) is 13.3. The molecule has 17 heavy (non-hydrogen) atoms. The van der Waals surface area contributed by atoms with Gasteiger partial charge in [-0.2, -0.15) is 0 Å². The molecule has 1 rings (SSSR count). The normalized spacial score (nSPS) is 24.3. The van der Waals surface area contributed by atoms with Gasteiger partial charge in [-0.3, -0.25) is 0 Å². The molecule has 4 nitrogen and oxygen atoms in total. The molecule has 0 aromatic rings. The van der Waals surface area contributed by atoms with Gasteiger partial charge in [0.1, 0.15) is 11.6 Å². The molecule has 0 aromatic carbocycles. The van der Waals surface area contributed by atoms with E-state index in [0.717, 1.165) is 0 Å². The van der Waals surface area contributed by atoms with Crippen molar-refractivity contribution in [3.63, 3.8) is 0 Å². The van der Waals surface area contributed by atoms with Gasteiger partial charge in [0.25, 0.3) is 5.92 Å². The fraction of sp³-hybridized carbons (Fsp3) is 0.818. The molecule has 1 atom stereocenters. The third kappa shape index (κ3) is 3.94. The second-order valence-corrected chi connectivity index (χ2v) is 5.22. The Hall–Kier alpha value is -1.20. The molecule has 0 radical (unpaired) electrons. The highest BCUT2D eigenvalue weighted by Crippen LogP contribution is 2.31. The zero-order valence-electron chi connectivity index (χ0n) is 10.3. The molecular formula is C11H18F2N2O2. The Morgan fingerprint density at radius 2 is 2.12 bits per heavy atom. The van der Waals surface area contributed by atoms with Crippen LogP contribution >= 0.6 is 0 Å². The number of nitrogens with one attached hydrogen (secondary N) is 2. The summed E-state index contributed by atoms with van der Waals surface area (Å²) in [6.07, 6.45) is -0.654. The standard InChI is InChI=1S/C11H18F2N2O2/c1-10(2,3)17-9(16)15-8-7(14)5-4-6-11(8,12)13/h8,14H,4-6H2,1-3H3,(H,15,16)/t8-/m1/s1. The molecule has 0 aliphatic heterocycles. The van der Waals surface area contributed by atoms with Gasteiger partial charge in [-0.25, -0.2) is 13.6 Å². The van der Waals surface area contributed by atoms with Crippen molar-refractivity contribution in [2.75, 3.05) is 0 Å². The maximum atomic E-state index is 13.5. The number of carbonyl (C=O) groups is 1. The number of rotatable bonds is 1. The third-order valence-corrected chi connectivity index (χ3v) is 2.39. The highest BCUT2D eigenvalue weighted by Gasteiger charge is 2.46. The number of hydrogen-bond acceptors (Lipinski definition) is 3. The highest BCUT2D eigenvalue weighted by molar-refractivity contribution is 5.91. The van der Waals surface area contributed by atoms with Crippen molar-refractivity contribution in [3.8, 4) is 0 Å². The summed E-state index contributed by atoms with van der Waals surface area (Å²) in [6.45, 7) is 4.95. The van der Waals surface area contributed by atoms with Crippen molar-refractivity contribution in [1.29, 1.82) is 5.41 Å². The van der Waals surface area contributed by atoms with Crippen LogP contribution in [0.3, 0.4) is 0 Å². The lowest BCUT2D eigenvalue weighted by Gasteiger charge is -2.33. The fourth-order valence-electron chi connectivity index (χ4n) is 1.68. The SMILES string of the molecule is CC(C)(C)OC(=O)N[C@@H]1C(=N)CCCC1(F)F. The van der Waals surface area contributed by atoms with Crippen molar-refractivity contribution in [1.82, 2.24) is 5.32 Å². The lowest BCUT2D eigenvalue weighted by Crippen LogP contribution is -2.55. The van der Waals surface area contributed by atoms with Crippen LogP contribution in [0, 0.1) is 5.41 Å². The number of alkyl carbamates (subject to hydrolysis) is 1. The minimum atomic E-state index is -3.06. The molecule has 1 amide bonds. The average molecular weight is 248 g/mol. The Labute approximate surface area is 99.2 Å². The van der Waals surface area contributed by atoms with E-state index in [9.17, 15) is 13.6 Å². The predicted octanol–water partition coefficient (Wildman–Crippen LogP) is 2.72. The summed E-state index contributed by atoms with van der Waals surface area (Å²) in [7, 11) is 0. The van der Waals surface area contributed by atoms with Crippen molar-refractivity contribution >= 4 is 11.8 Å². The molecule has 6 heteroatoms. The van der Waals surface area contributed by atoms with E-state index in [1.54, 1.807) is 20.8 Å². The van der Waals surface area contributed by atoms with Gasteiger partial charge < -0.3 is 15.5 Å². The molecule has 1 fully saturated rings. The van der Waals surface area contributed by atoms with Gasteiger partial charge in [-0.05, 0) is 33.6 Å². The molecule has 0 spiro atoms. The maximum absolute atomic E-state index is 13.5. The summed E-state index contributed by atoms with van der Waals surface area (Å²) in [5.41, 5.74) is -0.886. The van der Waals surface area contributed by atoms with E-state index in [2.05, 4.69) is 5.32 Å². The van der Waals surface area contributed by atoms with Crippen LogP contribution in [-0.4, -0.2) is 29.4 Å². The van der Waals surface area contributed by atoms with E-state index in [-0.39, 0.29) is 25.0 Å². The first-order chi connectivity index (χ1) is 7.62. The second-order valence-electron chi connectivity index (χ2n) is 5.22. The molecular weight excluding hydrogens is 230 g/mol. The first-order valence-electron chi connectivity index (χ1n) is 5.56. The molecule has 0 unspecified atom stereocenters. The monoisotopic (exact) mass is 248 g/mol. The third-order valence-electron chi connectivity index (χ3n) is 2.39. The Morgan fingerprint density at radius 3 is 2.59 bits per heavy atom. The molecule has 2 N–H and O–H groups in total. The van der Waals surface area contributed by atoms with Crippen molar-refractivity contribution in [3.05, 3.63) is 0 Å². The van der Waals surface area contributed by atoms with Crippen LogP contribution in [0.25, 0.3) is 0 Å². The molecule has 0 heterocycles. The number of carbonyl (C=O) groups excluding carboxylic acids is 1. The van der Waals surface area contributed by atoms with Gasteiger partial charge in [-0.15, -0.1) is 0 Å². The summed E-state index contributed by atoms with van der Waals surface area (Å²) in [5, 5.41) is 9.56. The predicted molar refractivity (Wildman–Crippen MR) is 59.7 cm³/mol. The first-order valence-corrected chi connectivity index (χ1v) is 5.56. The summed E-state index contributed by atoms with van der Waals surface area (Å²) < 4.78 is 31.9. The summed E-state index contributed by atoms with van der Waals surface area (Å²) >= 11 is 0. The average Bonchev–Trinajstić information content (AvgIpc) is 2.08. The topological polar surface area (TPSA) is 62.2 Å². The largest absolute Gasteiger partial charge is 0.444 e. The minimum absolute atomic E-state index is 0.146. The summed E-state index contributed by atoms with van der Waals surface area (Å²) in [4.78, 5) is 11.4.